The molecule has 34 heavy (non-hydrogen) atoms. The highest BCUT2D eigenvalue weighted by Crippen LogP contribution is 2.29. The van der Waals surface area contributed by atoms with Gasteiger partial charge in [0, 0.05) is 10.8 Å². The summed E-state index contributed by atoms with van der Waals surface area (Å²) in [6, 6.07) is 14.6. The summed E-state index contributed by atoms with van der Waals surface area (Å²) in [4.78, 5) is 48.0. The maximum atomic E-state index is 12.4. The van der Waals surface area contributed by atoms with Crippen molar-refractivity contribution in [2.45, 2.75) is 0 Å². The lowest BCUT2D eigenvalue weighted by molar-refractivity contribution is 1.15. The van der Waals surface area contributed by atoms with Crippen molar-refractivity contribution < 1.29 is 0 Å². The molecule has 4 heterocycles. The molecular weight excluding hydrogens is 472 g/mol. The fourth-order valence-electron chi connectivity index (χ4n) is 3.33. The molecule has 0 aliphatic heterocycles. The number of benzene rings is 2. The van der Waals surface area contributed by atoms with E-state index in [9.17, 15) is 9.59 Å². The summed E-state index contributed by atoms with van der Waals surface area (Å²) in [7, 11) is 0. The van der Waals surface area contributed by atoms with Crippen molar-refractivity contribution in [1.29, 1.82) is 0 Å². The second-order valence-electron chi connectivity index (χ2n) is 7.09. The van der Waals surface area contributed by atoms with Gasteiger partial charge in [-0.15, -0.1) is 32.9 Å². The maximum absolute atomic E-state index is 12.4. The van der Waals surface area contributed by atoms with Crippen molar-refractivity contribution in [3.63, 3.8) is 0 Å². The van der Waals surface area contributed by atoms with Crippen LogP contribution in [0.1, 0.15) is 0 Å². The Bertz CT molecular complexity index is 1700. The minimum Gasteiger partial charge on any atom is -0.319 e. The molecule has 0 saturated carbocycles. The Morgan fingerprint density at radius 3 is 1.53 bits per heavy atom. The molecule has 6 aromatic rings. The minimum absolute atomic E-state index is 0.217. The van der Waals surface area contributed by atoms with Crippen LogP contribution in [-0.4, -0.2) is 29.9 Å². The summed E-state index contributed by atoms with van der Waals surface area (Å²) in [6.07, 6.45) is 0. The third kappa shape index (κ3) is 3.70. The molecule has 4 aromatic heterocycles. The summed E-state index contributed by atoms with van der Waals surface area (Å²) in [6.45, 7) is 0. The molecule has 10 nitrogen and oxygen atoms in total. The summed E-state index contributed by atoms with van der Waals surface area (Å²) >= 11 is 2.46. The third-order valence-electron chi connectivity index (χ3n) is 4.89. The number of aromatic amines is 2. The number of nitrogens with zero attached hydrogens (tertiary/aromatic N) is 6. The van der Waals surface area contributed by atoms with Crippen LogP contribution >= 0.6 is 22.7 Å². The van der Waals surface area contributed by atoms with Gasteiger partial charge in [-0.05, 0) is 24.3 Å². The van der Waals surface area contributed by atoms with E-state index >= 15 is 0 Å². The zero-order valence-electron chi connectivity index (χ0n) is 17.1. The van der Waals surface area contributed by atoms with Gasteiger partial charge < -0.3 is 9.97 Å². The number of thiazole rings is 2. The van der Waals surface area contributed by atoms with E-state index in [-0.39, 0.29) is 22.5 Å². The highest BCUT2D eigenvalue weighted by Gasteiger charge is 2.13. The van der Waals surface area contributed by atoms with E-state index in [0.29, 0.717) is 43.7 Å². The van der Waals surface area contributed by atoms with E-state index in [1.807, 2.05) is 36.4 Å². The van der Waals surface area contributed by atoms with Crippen LogP contribution in [0, 0.1) is 0 Å². The molecule has 0 radical (unpaired) electrons. The van der Waals surface area contributed by atoms with Crippen LogP contribution in [0.25, 0.3) is 44.8 Å². The minimum atomic E-state index is -0.329. The molecule has 2 aromatic carbocycles. The van der Waals surface area contributed by atoms with Crippen LogP contribution in [0.15, 0.2) is 79.1 Å². The van der Waals surface area contributed by atoms with E-state index < -0.39 is 0 Å². The van der Waals surface area contributed by atoms with Gasteiger partial charge in [0.05, 0.1) is 22.1 Å². The SMILES string of the molecule is O=c1[nH]c2ccccc2nc1-c1csc(N=Nc2nc(-c3nc4ccccc4[nH]c3=O)cs2)n1. The molecule has 0 fully saturated rings. The predicted molar refractivity (Wildman–Crippen MR) is 131 cm³/mol. The molecular formula is C22H12N8O2S2. The summed E-state index contributed by atoms with van der Waals surface area (Å²) < 4.78 is 0. The van der Waals surface area contributed by atoms with Crippen LogP contribution < -0.4 is 11.1 Å². The van der Waals surface area contributed by atoms with Crippen molar-refractivity contribution >= 4 is 55.0 Å². The van der Waals surface area contributed by atoms with Crippen LogP contribution in [0.4, 0.5) is 10.3 Å². The molecule has 0 saturated heterocycles. The molecule has 0 unspecified atom stereocenters. The standard InChI is InChI=1S/C22H12N8O2S2/c31-19-17(23-11-5-1-3-7-13(11)25-19)15-9-33-21(27-15)29-30-22-28-16(10-34-22)18-20(32)26-14-8-4-2-6-12(14)24-18/h1-10H,(H,25,31)(H,26,32). The number of nitrogens with one attached hydrogen (secondary N) is 2. The van der Waals surface area contributed by atoms with Gasteiger partial charge in [-0.3, -0.25) is 9.59 Å². The zero-order chi connectivity index (χ0) is 23.1. The predicted octanol–water partition coefficient (Wildman–Crippen LogP) is 4.82. The molecule has 2 N–H and O–H groups in total. The Kier molecular flexibility index (Phi) is 4.86. The van der Waals surface area contributed by atoms with Crippen molar-refractivity contribution in [2.24, 2.45) is 10.2 Å². The first kappa shape index (κ1) is 20.2. The normalized spacial score (nSPS) is 11.6. The average Bonchev–Trinajstić information content (AvgIpc) is 3.52. The molecule has 12 heteroatoms. The largest absolute Gasteiger partial charge is 0.319 e. The van der Waals surface area contributed by atoms with Gasteiger partial charge in [0.15, 0.2) is 11.4 Å². The Balaban J connectivity index is 1.27. The smallest absolute Gasteiger partial charge is 0.276 e. The van der Waals surface area contributed by atoms with Gasteiger partial charge in [0.1, 0.15) is 11.4 Å². The summed E-state index contributed by atoms with van der Waals surface area (Å²) in [5.74, 6) is 0. The fourth-order valence-corrected chi connectivity index (χ4v) is 4.57. The molecule has 0 atom stereocenters. The number of azo groups is 1. The van der Waals surface area contributed by atoms with Gasteiger partial charge in [0.2, 0.25) is 10.3 Å². The molecule has 0 aliphatic carbocycles. The monoisotopic (exact) mass is 484 g/mol. The van der Waals surface area contributed by atoms with Crippen LogP contribution in [-0.2, 0) is 0 Å². The van der Waals surface area contributed by atoms with Gasteiger partial charge >= 0.3 is 0 Å². The number of hydrogen-bond donors (Lipinski definition) is 2. The summed E-state index contributed by atoms with van der Waals surface area (Å²) in [5.41, 5.74) is 3.26. The first-order valence-corrected chi connectivity index (χ1v) is 11.7. The molecule has 0 amide bonds. The number of para-hydroxylation sites is 4. The van der Waals surface area contributed by atoms with Gasteiger partial charge in [-0.1, -0.05) is 24.3 Å². The fraction of sp³-hybridized carbons (Fsp3) is 0. The van der Waals surface area contributed by atoms with E-state index in [2.05, 4.69) is 40.1 Å². The topological polar surface area (TPSA) is 142 Å². The molecule has 0 aliphatic rings. The van der Waals surface area contributed by atoms with E-state index in [1.54, 1.807) is 22.9 Å². The molecule has 6 rings (SSSR count). The number of H-pyrrole nitrogens is 2. The first-order chi connectivity index (χ1) is 16.6. The van der Waals surface area contributed by atoms with Crippen LogP contribution in [0.3, 0.4) is 0 Å². The first-order valence-electron chi connectivity index (χ1n) is 9.96. The Labute approximate surface area is 197 Å². The van der Waals surface area contributed by atoms with Crippen molar-refractivity contribution in [1.82, 2.24) is 29.9 Å². The van der Waals surface area contributed by atoms with E-state index in [4.69, 9.17) is 0 Å². The summed E-state index contributed by atoms with van der Waals surface area (Å²) in [5, 5.41) is 12.4. The maximum Gasteiger partial charge on any atom is 0.276 e. The lowest BCUT2D eigenvalue weighted by Gasteiger charge is -1.99. The van der Waals surface area contributed by atoms with Crippen LogP contribution in [0.5, 0.6) is 0 Å². The van der Waals surface area contributed by atoms with E-state index in [0.717, 1.165) is 0 Å². The molecule has 0 spiro atoms. The number of fused-ring (bicyclic) bond motifs is 2. The Morgan fingerprint density at radius 1 is 0.618 bits per heavy atom. The highest BCUT2D eigenvalue weighted by atomic mass is 32.1. The van der Waals surface area contributed by atoms with Crippen molar-refractivity contribution in [3.05, 3.63) is 80.0 Å². The van der Waals surface area contributed by atoms with Crippen LogP contribution in [0.2, 0.25) is 0 Å². The second-order valence-corrected chi connectivity index (χ2v) is 8.77. The Hall–Kier alpha value is -4.42. The van der Waals surface area contributed by atoms with Gasteiger partial charge in [0.25, 0.3) is 11.1 Å². The number of aromatic nitrogens is 6. The molecule has 0 bridgehead atoms. The highest BCUT2D eigenvalue weighted by molar-refractivity contribution is 7.14. The van der Waals surface area contributed by atoms with E-state index in [1.165, 1.54) is 22.7 Å². The average molecular weight is 485 g/mol. The number of hydrogen-bond acceptors (Lipinski definition) is 10. The lowest BCUT2D eigenvalue weighted by Crippen LogP contribution is -2.11. The lowest BCUT2D eigenvalue weighted by atomic mass is 10.2. The second kappa shape index (κ2) is 8.17. The van der Waals surface area contributed by atoms with Gasteiger partial charge in [-0.2, -0.15) is 0 Å². The van der Waals surface area contributed by atoms with Gasteiger partial charge in [-0.25, -0.2) is 19.9 Å². The Morgan fingerprint density at radius 2 is 1.06 bits per heavy atom. The molecule has 164 valence electrons. The number of rotatable bonds is 4. The van der Waals surface area contributed by atoms with Crippen molar-refractivity contribution in [2.75, 3.05) is 0 Å². The zero-order valence-corrected chi connectivity index (χ0v) is 18.7. The quantitative estimate of drug-likeness (QED) is 0.344. The van der Waals surface area contributed by atoms with Crippen molar-refractivity contribution in [3.8, 4) is 22.8 Å². The third-order valence-corrected chi connectivity index (χ3v) is 6.34.